The van der Waals surface area contributed by atoms with E-state index < -0.39 is 6.04 Å². The summed E-state index contributed by atoms with van der Waals surface area (Å²) in [6.07, 6.45) is 7.66. The van der Waals surface area contributed by atoms with Gasteiger partial charge in [-0.1, -0.05) is 39.2 Å². The van der Waals surface area contributed by atoms with Gasteiger partial charge in [0.2, 0.25) is 11.8 Å². The van der Waals surface area contributed by atoms with Crippen molar-refractivity contribution in [1.29, 1.82) is 0 Å². The maximum absolute atomic E-state index is 12.5. The molecule has 2 N–H and O–H groups in total. The van der Waals surface area contributed by atoms with Gasteiger partial charge in [0.15, 0.2) is 0 Å². The van der Waals surface area contributed by atoms with Gasteiger partial charge in [0, 0.05) is 12.1 Å². The van der Waals surface area contributed by atoms with Crippen LogP contribution in [0.2, 0.25) is 0 Å². The van der Waals surface area contributed by atoms with Crippen LogP contribution in [0.15, 0.2) is 24.4 Å². The molecule has 2 amide bonds. The van der Waals surface area contributed by atoms with Crippen LogP contribution in [-0.2, 0) is 16.1 Å². The number of nitrogens with one attached hydrogen (secondary N) is 2. The molecule has 0 bridgehead atoms. The van der Waals surface area contributed by atoms with Gasteiger partial charge < -0.3 is 10.6 Å². The zero-order chi connectivity index (χ0) is 17.4. The molecule has 0 aliphatic heterocycles. The Labute approximate surface area is 144 Å². The Hall–Kier alpha value is -1.91. The third kappa shape index (κ3) is 5.95. The number of aromatic nitrogens is 1. The van der Waals surface area contributed by atoms with E-state index in [9.17, 15) is 9.59 Å². The first-order valence-electron chi connectivity index (χ1n) is 9.04. The molecule has 0 spiro atoms. The highest BCUT2D eigenvalue weighted by atomic mass is 16.2. The Balaban J connectivity index is 1.90. The molecule has 1 aliphatic carbocycles. The Morgan fingerprint density at radius 3 is 2.58 bits per heavy atom. The van der Waals surface area contributed by atoms with Gasteiger partial charge in [-0.25, -0.2) is 0 Å². The summed E-state index contributed by atoms with van der Waals surface area (Å²) < 4.78 is 0. The van der Waals surface area contributed by atoms with E-state index in [-0.39, 0.29) is 17.7 Å². The second-order valence-electron chi connectivity index (χ2n) is 7.06. The minimum absolute atomic E-state index is 0.0355. The fourth-order valence-electron chi connectivity index (χ4n) is 3.16. The van der Waals surface area contributed by atoms with E-state index in [0.717, 1.165) is 31.4 Å². The molecular formula is C19H29N3O2. The van der Waals surface area contributed by atoms with Crippen LogP contribution in [0.1, 0.15) is 58.1 Å². The molecule has 0 saturated heterocycles. The Kier molecular flexibility index (Phi) is 7.22. The van der Waals surface area contributed by atoms with Gasteiger partial charge in [0.25, 0.3) is 0 Å². The summed E-state index contributed by atoms with van der Waals surface area (Å²) in [6.45, 7) is 4.51. The summed E-state index contributed by atoms with van der Waals surface area (Å²) in [5, 5.41) is 5.88. The Bertz CT molecular complexity index is 525. The van der Waals surface area contributed by atoms with Crippen molar-refractivity contribution in [3.05, 3.63) is 30.1 Å². The molecule has 1 aromatic heterocycles. The topological polar surface area (TPSA) is 71.1 Å². The summed E-state index contributed by atoms with van der Waals surface area (Å²) in [4.78, 5) is 29.2. The molecule has 1 atom stereocenters. The molecule has 24 heavy (non-hydrogen) atoms. The van der Waals surface area contributed by atoms with Gasteiger partial charge >= 0.3 is 0 Å². The van der Waals surface area contributed by atoms with Crippen LogP contribution in [0.25, 0.3) is 0 Å². The summed E-state index contributed by atoms with van der Waals surface area (Å²) >= 11 is 0. The first kappa shape index (κ1) is 18.4. The zero-order valence-electron chi connectivity index (χ0n) is 14.8. The van der Waals surface area contributed by atoms with E-state index in [1.807, 2.05) is 18.2 Å². The molecule has 0 radical (unpaired) electrons. The number of hydrogen-bond acceptors (Lipinski definition) is 3. The van der Waals surface area contributed by atoms with Crippen LogP contribution in [0.5, 0.6) is 0 Å². The fourth-order valence-corrected chi connectivity index (χ4v) is 3.16. The van der Waals surface area contributed by atoms with Crippen molar-refractivity contribution in [3.63, 3.8) is 0 Å². The minimum atomic E-state index is -0.469. The number of rotatable bonds is 7. The number of hydrogen-bond donors (Lipinski definition) is 2. The molecule has 2 rings (SSSR count). The summed E-state index contributed by atoms with van der Waals surface area (Å²) in [7, 11) is 0. The van der Waals surface area contributed by atoms with Crippen molar-refractivity contribution in [3.8, 4) is 0 Å². The highest BCUT2D eigenvalue weighted by Gasteiger charge is 2.27. The molecule has 1 aliphatic rings. The molecule has 1 heterocycles. The third-order valence-electron chi connectivity index (χ3n) is 4.49. The van der Waals surface area contributed by atoms with Crippen molar-refractivity contribution in [1.82, 2.24) is 15.6 Å². The van der Waals surface area contributed by atoms with E-state index in [1.165, 1.54) is 6.42 Å². The maximum atomic E-state index is 12.5. The maximum Gasteiger partial charge on any atom is 0.242 e. The number of carbonyl (C=O) groups excluding carboxylic acids is 2. The molecule has 5 heteroatoms. The van der Waals surface area contributed by atoms with Gasteiger partial charge in [-0.3, -0.25) is 14.6 Å². The van der Waals surface area contributed by atoms with E-state index in [2.05, 4.69) is 29.5 Å². The predicted molar refractivity (Wildman–Crippen MR) is 94.0 cm³/mol. The van der Waals surface area contributed by atoms with Crippen molar-refractivity contribution < 1.29 is 9.59 Å². The van der Waals surface area contributed by atoms with E-state index in [1.54, 1.807) is 6.20 Å². The van der Waals surface area contributed by atoms with Crippen LogP contribution in [-0.4, -0.2) is 22.8 Å². The van der Waals surface area contributed by atoms with E-state index >= 15 is 0 Å². The van der Waals surface area contributed by atoms with Gasteiger partial charge in [0.1, 0.15) is 6.04 Å². The van der Waals surface area contributed by atoms with E-state index in [4.69, 9.17) is 0 Å². The lowest BCUT2D eigenvalue weighted by atomic mass is 9.88. The molecule has 0 aromatic carbocycles. The summed E-state index contributed by atoms with van der Waals surface area (Å²) in [6, 6.07) is 5.14. The minimum Gasteiger partial charge on any atom is -0.349 e. The molecule has 5 nitrogen and oxygen atoms in total. The van der Waals surface area contributed by atoms with E-state index in [0.29, 0.717) is 18.9 Å². The van der Waals surface area contributed by atoms with Crippen molar-refractivity contribution in [2.45, 2.75) is 65.0 Å². The summed E-state index contributed by atoms with van der Waals surface area (Å²) in [5.41, 5.74) is 0.813. The van der Waals surface area contributed by atoms with Gasteiger partial charge in [0.05, 0.1) is 12.2 Å². The van der Waals surface area contributed by atoms with Crippen LogP contribution in [0.4, 0.5) is 0 Å². The third-order valence-corrected chi connectivity index (χ3v) is 4.49. The molecule has 1 aromatic rings. The van der Waals surface area contributed by atoms with Gasteiger partial charge in [-0.2, -0.15) is 0 Å². The van der Waals surface area contributed by atoms with Crippen LogP contribution < -0.4 is 10.6 Å². The predicted octanol–water partition coefficient (Wildman–Crippen LogP) is 2.81. The lowest BCUT2D eigenvalue weighted by Gasteiger charge is -2.25. The largest absolute Gasteiger partial charge is 0.349 e. The smallest absolute Gasteiger partial charge is 0.242 e. The second-order valence-corrected chi connectivity index (χ2v) is 7.06. The average molecular weight is 331 g/mol. The number of pyridine rings is 1. The Morgan fingerprint density at radius 1 is 1.21 bits per heavy atom. The normalized spacial score (nSPS) is 16.6. The van der Waals surface area contributed by atoms with Crippen molar-refractivity contribution in [2.75, 3.05) is 0 Å². The lowest BCUT2D eigenvalue weighted by molar-refractivity contribution is -0.132. The molecule has 0 unspecified atom stereocenters. The number of nitrogens with zero attached hydrogens (tertiary/aromatic N) is 1. The number of amides is 2. The average Bonchev–Trinajstić information content (AvgIpc) is 2.60. The van der Waals surface area contributed by atoms with Crippen LogP contribution in [0.3, 0.4) is 0 Å². The highest BCUT2D eigenvalue weighted by Crippen LogP contribution is 2.24. The second kappa shape index (κ2) is 9.40. The fraction of sp³-hybridized carbons (Fsp3) is 0.632. The summed E-state index contributed by atoms with van der Waals surface area (Å²) in [5.74, 6) is 0.311. The quantitative estimate of drug-likeness (QED) is 0.807. The molecule has 132 valence electrons. The molecule has 1 saturated carbocycles. The Morgan fingerprint density at radius 2 is 1.96 bits per heavy atom. The first-order valence-corrected chi connectivity index (χ1v) is 9.04. The standard InChI is InChI=1S/C19H29N3O2/c1-14(2)12-17(22-18(23)15-8-4-3-5-9-15)19(24)21-13-16-10-6-7-11-20-16/h6-7,10-11,14-15,17H,3-5,8-9,12-13H2,1-2H3,(H,21,24)(H,22,23)/t17-/m0/s1. The highest BCUT2D eigenvalue weighted by molar-refractivity contribution is 5.88. The molecule has 1 fully saturated rings. The van der Waals surface area contributed by atoms with Crippen molar-refractivity contribution in [2.24, 2.45) is 11.8 Å². The van der Waals surface area contributed by atoms with Gasteiger partial charge in [-0.15, -0.1) is 0 Å². The zero-order valence-corrected chi connectivity index (χ0v) is 14.8. The first-order chi connectivity index (χ1) is 11.6. The lowest BCUT2D eigenvalue weighted by Crippen LogP contribution is -2.49. The number of carbonyl (C=O) groups is 2. The van der Waals surface area contributed by atoms with Crippen LogP contribution in [0, 0.1) is 11.8 Å². The SMILES string of the molecule is CC(C)C[C@H](NC(=O)C1CCCCC1)C(=O)NCc1ccccn1. The molecular weight excluding hydrogens is 302 g/mol. The van der Waals surface area contributed by atoms with Crippen LogP contribution >= 0.6 is 0 Å². The van der Waals surface area contributed by atoms with Gasteiger partial charge in [-0.05, 0) is 37.3 Å². The van der Waals surface area contributed by atoms with Crippen molar-refractivity contribution >= 4 is 11.8 Å². The monoisotopic (exact) mass is 331 g/mol.